The standard InChI is InChI=1S/C20H32N2O2/c1-14-8-6-9-16(12-14)18(20(3,4)5)21-19(24)22-11-7-10-17(13-22)15(2)23/h6,8-9,12,15,17-18,23H,7,10-11,13H2,1-5H3,(H,21,24). The zero-order valence-corrected chi connectivity index (χ0v) is 15.7. The molecule has 4 nitrogen and oxygen atoms in total. The zero-order chi connectivity index (χ0) is 17.9. The van der Waals surface area contributed by atoms with Crippen molar-refractivity contribution < 1.29 is 9.90 Å². The summed E-state index contributed by atoms with van der Waals surface area (Å²) in [6.45, 7) is 11.7. The van der Waals surface area contributed by atoms with Gasteiger partial charge in [0.25, 0.3) is 0 Å². The Morgan fingerprint density at radius 2 is 2.08 bits per heavy atom. The Bertz CT molecular complexity index is 563. The highest BCUT2D eigenvalue weighted by Gasteiger charge is 2.32. The van der Waals surface area contributed by atoms with Gasteiger partial charge in [-0.3, -0.25) is 0 Å². The minimum Gasteiger partial charge on any atom is -0.393 e. The first-order chi connectivity index (χ1) is 11.2. The Kier molecular flexibility index (Phi) is 5.92. The summed E-state index contributed by atoms with van der Waals surface area (Å²) in [6.07, 6.45) is 1.58. The van der Waals surface area contributed by atoms with Gasteiger partial charge in [-0.15, -0.1) is 0 Å². The van der Waals surface area contributed by atoms with Crippen molar-refractivity contribution in [1.82, 2.24) is 10.2 Å². The highest BCUT2D eigenvalue weighted by Crippen LogP contribution is 2.33. The molecule has 0 spiro atoms. The van der Waals surface area contributed by atoms with Crippen molar-refractivity contribution in [2.75, 3.05) is 13.1 Å². The second-order valence-corrected chi connectivity index (χ2v) is 8.25. The van der Waals surface area contributed by atoms with E-state index in [2.05, 4.69) is 51.2 Å². The van der Waals surface area contributed by atoms with E-state index in [1.54, 1.807) is 0 Å². The van der Waals surface area contributed by atoms with Crippen LogP contribution in [0.15, 0.2) is 24.3 Å². The summed E-state index contributed by atoms with van der Waals surface area (Å²) in [6, 6.07) is 8.27. The maximum atomic E-state index is 12.8. The Balaban J connectivity index is 2.13. The first-order valence-electron chi connectivity index (χ1n) is 8.98. The normalized spacial score (nSPS) is 21.2. The largest absolute Gasteiger partial charge is 0.393 e. The first-order valence-corrected chi connectivity index (χ1v) is 8.98. The van der Waals surface area contributed by atoms with Crippen LogP contribution < -0.4 is 5.32 Å². The molecule has 1 aliphatic heterocycles. The fraction of sp³-hybridized carbons (Fsp3) is 0.650. The highest BCUT2D eigenvalue weighted by atomic mass is 16.3. The van der Waals surface area contributed by atoms with Crippen LogP contribution in [-0.4, -0.2) is 35.2 Å². The molecule has 1 aliphatic rings. The minimum atomic E-state index is -0.365. The molecule has 0 bridgehead atoms. The Morgan fingerprint density at radius 3 is 2.67 bits per heavy atom. The molecule has 1 fully saturated rings. The molecule has 2 N–H and O–H groups in total. The number of benzene rings is 1. The van der Waals surface area contributed by atoms with Gasteiger partial charge in [0, 0.05) is 19.0 Å². The van der Waals surface area contributed by atoms with Crippen LogP contribution >= 0.6 is 0 Å². The second kappa shape index (κ2) is 7.56. The van der Waals surface area contributed by atoms with E-state index < -0.39 is 0 Å². The molecule has 3 unspecified atom stereocenters. The predicted molar refractivity (Wildman–Crippen MR) is 97.9 cm³/mol. The van der Waals surface area contributed by atoms with E-state index in [1.165, 1.54) is 5.56 Å². The molecular weight excluding hydrogens is 300 g/mol. The maximum Gasteiger partial charge on any atom is 0.317 e. The molecule has 1 aromatic carbocycles. The summed E-state index contributed by atoms with van der Waals surface area (Å²) in [5.74, 6) is 0.177. The van der Waals surface area contributed by atoms with Crippen LogP contribution in [0.25, 0.3) is 0 Å². The van der Waals surface area contributed by atoms with Crippen LogP contribution in [0, 0.1) is 18.3 Å². The molecule has 1 aromatic rings. The molecule has 2 amide bonds. The van der Waals surface area contributed by atoms with Crippen molar-refractivity contribution in [3.63, 3.8) is 0 Å². The van der Waals surface area contributed by atoms with Crippen LogP contribution in [0.3, 0.4) is 0 Å². The molecule has 4 heteroatoms. The van der Waals surface area contributed by atoms with Gasteiger partial charge < -0.3 is 15.3 Å². The van der Waals surface area contributed by atoms with E-state index in [0.29, 0.717) is 6.54 Å². The Hall–Kier alpha value is -1.55. The Labute approximate surface area is 146 Å². The number of hydrogen-bond donors (Lipinski definition) is 2. The number of hydrogen-bond acceptors (Lipinski definition) is 2. The Morgan fingerprint density at radius 1 is 1.38 bits per heavy atom. The van der Waals surface area contributed by atoms with Crippen molar-refractivity contribution in [2.45, 2.75) is 59.6 Å². The number of aryl methyl sites for hydroxylation is 1. The van der Waals surface area contributed by atoms with Crippen LogP contribution in [0.2, 0.25) is 0 Å². The summed E-state index contributed by atoms with van der Waals surface area (Å²) < 4.78 is 0. The lowest BCUT2D eigenvalue weighted by Gasteiger charge is -2.38. The topological polar surface area (TPSA) is 52.6 Å². The number of aliphatic hydroxyl groups excluding tert-OH is 1. The number of carbonyl (C=O) groups excluding carboxylic acids is 1. The van der Waals surface area contributed by atoms with Gasteiger partial charge >= 0.3 is 6.03 Å². The fourth-order valence-corrected chi connectivity index (χ4v) is 3.45. The average molecular weight is 332 g/mol. The van der Waals surface area contributed by atoms with E-state index in [-0.39, 0.29) is 29.5 Å². The number of carbonyl (C=O) groups is 1. The number of amides is 2. The van der Waals surface area contributed by atoms with E-state index in [9.17, 15) is 9.90 Å². The monoisotopic (exact) mass is 332 g/mol. The quantitative estimate of drug-likeness (QED) is 0.882. The summed E-state index contributed by atoms with van der Waals surface area (Å²) >= 11 is 0. The van der Waals surface area contributed by atoms with E-state index in [0.717, 1.165) is 24.9 Å². The van der Waals surface area contributed by atoms with Gasteiger partial charge in [0.1, 0.15) is 0 Å². The van der Waals surface area contributed by atoms with Crippen LogP contribution in [0.5, 0.6) is 0 Å². The third-order valence-electron chi connectivity index (χ3n) is 4.94. The molecule has 0 radical (unpaired) electrons. The summed E-state index contributed by atoms with van der Waals surface area (Å²) in [5, 5.41) is 13.1. The van der Waals surface area contributed by atoms with E-state index in [4.69, 9.17) is 0 Å². The van der Waals surface area contributed by atoms with Gasteiger partial charge in [-0.05, 0) is 37.7 Å². The zero-order valence-electron chi connectivity index (χ0n) is 15.7. The SMILES string of the molecule is Cc1cccc(C(NC(=O)N2CCCC(C(C)O)C2)C(C)(C)C)c1. The average Bonchev–Trinajstić information content (AvgIpc) is 2.51. The van der Waals surface area contributed by atoms with Crippen molar-refractivity contribution in [1.29, 1.82) is 0 Å². The fourth-order valence-electron chi connectivity index (χ4n) is 3.45. The smallest absolute Gasteiger partial charge is 0.317 e. The molecule has 0 aromatic heterocycles. The van der Waals surface area contributed by atoms with Crippen LogP contribution in [0.4, 0.5) is 4.79 Å². The lowest BCUT2D eigenvalue weighted by atomic mass is 9.82. The van der Waals surface area contributed by atoms with Gasteiger partial charge in [0.2, 0.25) is 0 Å². The molecule has 1 saturated heterocycles. The number of nitrogens with zero attached hydrogens (tertiary/aromatic N) is 1. The van der Waals surface area contributed by atoms with Gasteiger partial charge in [-0.2, -0.15) is 0 Å². The molecule has 0 aliphatic carbocycles. The molecule has 134 valence electrons. The van der Waals surface area contributed by atoms with E-state index in [1.807, 2.05) is 17.9 Å². The second-order valence-electron chi connectivity index (χ2n) is 8.25. The van der Waals surface area contributed by atoms with Crippen molar-refractivity contribution >= 4 is 6.03 Å². The number of nitrogens with one attached hydrogen (secondary N) is 1. The van der Waals surface area contributed by atoms with Gasteiger partial charge in [-0.1, -0.05) is 50.6 Å². The number of urea groups is 1. The molecule has 1 heterocycles. The number of likely N-dealkylation sites (tertiary alicyclic amines) is 1. The maximum absolute atomic E-state index is 12.8. The van der Waals surface area contributed by atoms with Crippen molar-refractivity contribution in [3.8, 4) is 0 Å². The van der Waals surface area contributed by atoms with Crippen molar-refractivity contribution in [2.24, 2.45) is 11.3 Å². The summed E-state index contributed by atoms with van der Waals surface area (Å²) in [4.78, 5) is 14.7. The minimum absolute atomic E-state index is 0.0261. The predicted octanol–water partition coefficient (Wildman–Crippen LogP) is 3.88. The molecule has 0 saturated carbocycles. The van der Waals surface area contributed by atoms with Crippen LogP contribution in [-0.2, 0) is 0 Å². The number of piperidine rings is 1. The molecular formula is C20H32N2O2. The molecule has 24 heavy (non-hydrogen) atoms. The summed E-state index contributed by atoms with van der Waals surface area (Å²) in [7, 11) is 0. The van der Waals surface area contributed by atoms with Gasteiger partial charge in [0.05, 0.1) is 12.1 Å². The number of rotatable bonds is 3. The lowest BCUT2D eigenvalue weighted by Crippen LogP contribution is -2.49. The third kappa shape index (κ3) is 4.73. The first kappa shape index (κ1) is 18.8. The van der Waals surface area contributed by atoms with Gasteiger partial charge in [-0.25, -0.2) is 4.79 Å². The van der Waals surface area contributed by atoms with Crippen LogP contribution in [0.1, 0.15) is 57.7 Å². The van der Waals surface area contributed by atoms with Crippen molar-refractivity contribution in [3.05, 3.63) is 35.4 Å². The third-order valence-corrected chi connectivity index (χ3v) is 4.94. The van der Waals surface area contributed by atoms with Gasteiger partial charge in [0.15, 0.2) is 0 Å². The number of aliphatic hydroxyl groups is 1. The summed E-state index contributed by atoms with van der Waals surface area (Å²) in [5.41, 5.74) is 2.26. The molecule has 3 atom stereocenters. The molecule has 2 rings (SSSR count). The van der Waals surface area contributed by atoms with E-state index >= 15 is 0 Å². The highest BCUT2D eigenvalue weighted by molar-refractivity contribution is 5.75. The lowest BCUT2D eigenvalue weighted by molar-refractivity contribution is 0.0720.